The van der Waals surface area contributed by atoms with E-state index in [9.17, 15) is 16.8 Å². The molecule has 0 heterocycles. The van der Waals surface area contributed by atoms with E-state index < -0.39 is 26.7 Å². The molecule has 1 unspecified atom stereocenters. The number of hydrogen-bond acceptors (Lipinski definition) is 4. The number of hydrogen-bond donors (Lipinski definition) is 2. The monoisotopic (exact) mass is 275 g/mol. The summed E-state index contributed by atoms with van der Waals surface area (Å²) < 4.78 is 60.3. The molecule has 16 heavy (non-hydrogen) atoms. The van der Waals surface area contributed by atoms with Crippen molar-refractivity contribution in [2.75, 3.05) is 0 Å². The van der Waals surface area contributed by atoms with Gasteiger partial charge >= 0.3 is 20.6 Å². The topological polar surface area (TPSA) is 112 Å². The van der Waals surface area contributed by atoms with E-state index in [-0.39, 0.29) is 10.1 Å². The lowest BCUT2D eigenvalue weighted by molar-refractivity contribution is 0.336. The van der Waals surface area contributed by atoms with E-state index in [1.54, 1.807) is 0 Å². The Labute approximate surface area is 96.2 Å². The second-order valence-corrected chi connectivity index (χ2v) is 6.34. The Morgan fingerprint density at radius 2 is 1.50 bits per heavy atom. The van der Waals surface area contributed by atoms with Gasteiger partial charge in [-0.2, -0.15) is 16.8 Å². The van der Waals surface area contributed by atoms with Crippen LogP contribution in [0.15, 0.2) is 0 Å². The molecule has 1 atom stereocenters. The third kappa shape index (κ3) is 5.21. The van der Waals surface area contributed by atoms with Gasteiger partial charge in [0, 0.05) is 6.04 Å². The smallest absolute Gasteiger partial charge is 0.273 e. The molecule has 0 aromatic rings. The van der Waals surface area contributed by atoms with Crippen LogP contribution in [0.25, 0.3) is 0 Å². The van der Waals surface area contributed by atoms with E-state index in [4.69, 9.17) is 9.11 Å². The van der Waals surface area contributed by atoms with Gasteiger partial charge in [0.1, 0.15) is 0 Å². The standard InChI is InChI=1S/C7H17NO6S2/c1-3-4-5-6-7(2)8(15(9,10)11)16(12,13)14/h7H,3-6H2,1-2H3,(H,9,10,11)(H,12,13,14). The van der Waals surface area contributed by atoms with Crippen LogP contribution >= 0.6 is 0 Å². The molecule has 7 nitrogen and oxygen atoms in total. The molecule has 98 valence electrons. The molecule has 0 rings (SSSR count). The minimum atomic E-state index is -4.96. The zero-order chi connectivity index (χ0) is 13.0. The maximum Gasteiger partial charge on any atom is 0.351 e. The number of rotatable bonds is 7. The van der Waals surface area contributed by atoms with Crippen molar-refractivity contribution in [3.63, 3.8) is 0 Å². The van der Waals surface area contributed by atoms with Gasteiger partial charge in [0.25, 0.3) is 0 Å². The Balaban J connectivity index is 4.81. The van der Waals surface area contributed by atoms with Crippen LogP contribution in [0.2, 0.25) is 0 Å². The van der Waals surface area contributed by atoms with Crippen molar-refractivity contribution in [1.82, 2.24) is 3.71 Å². The molecule has 0 fully saturated rings. The Morgan fingerprint density at radius 1 is 1.06 bits per heavy atom. The third-order valence-corrected chi connectivity index (χ3v) is 4.80. The molecule has 9 heteroatoms. The van der Waals surface area contributed by atoms with Crippen LogP contribution in [0.5, 0.6) is 0 Å². The van der Waals surface area contributed by atoms with E-state index in [0.717, 1.165) is 12.8 Å². The van der Waals surface area contributed by atoms with Crippen molar-refractivity contribution in [2.45, 2.75) is 45.6 Å². The van der Waals surface area contributed by atoms with Crippen LogP contribution in [0.3, 0.4) is 0 Å². The summed E-state index contributed by atoms with van der Waals surface area (Å²) in [5, 5.41) is 0. The molecule has 2 N–H and O–H groups in total. The first-order chi connectivity index (χ1) is 7.10. The van der Waals surface area contributed by atoms with Crippen molar-refractivity contribution in [3.05, 3.63) is 0 Å². The van der Waals surface area contributed by atoms with E-state index in [1.807, 2.05) is 6.92 Å². The van der Waals surface area contributed by atoms with Gasteiger partial charge in [-0.1, -0.05) is 26.2 Å². The molecular weight excluding hydrogens is 258 g/mol. The summed E-state index contributed by atoms with van der Waals surface area (Å²) in [5.41, 5.74) is 0. The fourth-order valence-electron chi connectivity index (χ4n) is 1.37. The fraction of sp³-hybridized carbons (Fsp3) is 1.00. The molecule has 0 saturated carbocycles. The Bertz CT molecular complexity index is 369. The quantitative estimate of drug-likeness (QED) is 0.526. The summed E-state index contributed by atoms with van der Waals surface area (Å²) in [7, 11) is -9.93. The normalized spacial score (nSPS) is 15.3. The van der Waals surface area contributed by atoms with Crippen molar-refractivity contribution in [2.24, 2.45) is 0 Å². The molecule has 0 aliphatic rings. The van der Waals surface area contributed by atoms with Gasteiger partial charge in [-0.15, -0.1) is 0 Å². The van der Waals surface area contributed by atoms with E-state index in [1.165, 1.54) is 6.92 Å². The molecule has 0 saturated heterocycles. The highest BCUT2D eigenvalue weighted by Crippen LogP contribution is 2.16. The summed E-state index contributed by atoms with van der Waals surface area (Å²) in [6, 6.07) is -1.00. The van der Waals surface area contributed by atoms with Gasteiger partial charge < -0.3 is 0 Å². The number of unbranched alkanes of at least 4 members (excludes halogenated alkanes) is 2. The largest absolute Gasteiger partial charge is 0.351 e. The Kier molecular flexibility index (Phi) is 5.84. The van der Waals surface area contributed by atoms with Gasteiger partial charge in [0.05, 0.1) is 0 Å². The molecule has 0 aromatic carbocycles. The molecule has 0 radical (unpaired) electrons. The minimum Gasteiger partial charge on any atom is -0.273 e. The van der Waals surface area contributed by atoms with Crippen molar-refractivity contribution >= 4 is 20.6 Å². The third-order valence-electron chi connectivity index (χ3n) is 2.04. The number of nitrogens with zero attached hydrogens (tertiary/aromatic N) is 1. The summed E-state index contributed by atoms with van der Waals surface area (Å²) in [6.07, 6.45) is 2.56. The van der Waals surface area contributed by atoms with Crippen LogP contribution in [-0.2, 0) is 20.6 Å². The maximum atomic E-state index is 10.8. The first-order valence-electron chi connectivity index (χ1n) is 4.85. The molecule has 0 spiro atoms. The van der Waals surface area contributed by atoms with Gasteiger partial charge in [-0.3, -0.25) is 9.11 Å². The summed E-state index contributed by atoms with van der Waals surface area (Å²) in [4.78, 5) is 0. The second kappa shape index (κ2) is 5.92. The van der Waals surface area contributed by atoms with Gasteiger partial charge in [-0.25, -0.2) is 0 Å². The highest BCUT2D eigenvalue weighted by Gasteiger charge is 2.35. The van der Waals surface area contributed by atoms with Gasteiger partial charge in [-0.05, 0) is 17.1 Å². The first-order valence-corrected chi connectivity index (χ1v) is 7.64. The second-order valence-electron chi connectivity index (χ2n) is 3.53. The first kappa shape index (κ1) is 15.8. The van der Waals surface area contributed by atoms with Gasteiger partial charge in [0.15, 0.2) is 0 Å². The van der Waals surface area contributed by atoms with Crippen LogP contribution in [0.4, 0.5) is 0 Å². The fourth-order valence-corrected chi connectivity index (χ4v) is 3.44. The average molecular weight is 275 g/mol. The van der Waals surface area contributed by atoms with Crippen molar-refractivity contribution in [1.29, 1.82) is 0 Å². The van der Waals surface area contributed by atoms with E-state index in [2.05, 4.69) is 0 Å². The maximum absolute atomic E-state index is 10.8. The van der Waals surface area contributed by atoms with Crippen LogP contribution in [0, 0.1) is 0 Å². The van der Waals surface area contributed by atoms with Crippen LogP contribution < -0.4 is 0 Å². The van der Waals surface area contributed by atoms with Crippen LogP contribution in [-0.4, -0.2) is 35.7 Å². The molecule has 0 aromatic heterocycles. The highest BCUT2D eigenvalue weighted by molar-refractivity contribution is 7.98. The molecule has 0 bridgehead atoms. The summed E-state index contributed by atoms with van der Waals surface area (Å²) in [5.74, 6) is 0. The molecular formula is C7H17NO6S2. The van der Waals surface area contributed by atoms with E-state index in [0.29, 0.717) is 6.42 Å². The molecule has 0 amide bonds. The lowest BCUT2D eigenvalue weighted by atomic mass is 10.1. The van der Waals surface area contributed by atoms with E-state index >= 15 is 0 Å². The zero-order valence-electron chi connectivity index (χ0n) is 9.20. The summed E-state index contributed by atoms with van der Waals surface area (Å²) >= 11 is 0. The lowest BCUT2D eigenvalue weighted by Crippen LogP contribution is -2.42. The minimum absolute atomic E-state index is 0.243. The predicted molar refractivity (Wildman–Crippen MR) is 58.5 cm³/mol. The molecule has 0 aliphatic carbocycles. The SMILES string of the molecule is CCCCCC(C)N(S(=O)(=O)O)S(=O)(=O)O. The highest BCUT2D eigenvalue weighted by atomic mass is 32.3. The average Bonchev–Trinajstić information content (AvgIpc) is 1.98. The zero-order valence-corrected chi connectivity index (χ0v) is 10.8. The Morgan fingerprint density at radius 3 is 1.81 bits per heavy atom. The lowest BCUT2D eigenvalue weighted by Gasteiger charge is -2.21. The van der Waals surface area contributed by atoms with Crippen LogP contribution in [0.1, 0.15) is 39.5 Å². The van der Waals surface area contributed by atoms with Crippen molar-refractivity contribution in [3.8, 4) is 0 Å². The van der Waals surface area contributed by atoms with Gasteiger partial charge in [0.2, 0.25) is 0 Å². The predicted octanol–water partition coefficient (Wildman–Crippen LogP) is 0.863. The van der Waals surface area contributed by atoms with Crippen molar-refractivity contribution < 1.29 is 25.9 Å². The summed E-state index contributed by atoms with van der Waals surface area (Å²) in [6.45, 7) is 3.24. The Hall–Kier alpha value is -0.220. The molecule has 0 aliphatic heterocycles.